The molecule has 2 heterocycles. The van der Waals surface area contributed by atoms with Crippen LogP contribution in [0.2, 0.25) is 0 Å². The number of carboxylic acid groups (broad SMARTS) is 1. The average molecular weight is 274 g/mol. The quantitative estimate of drug-likeness (QED) is 0.930. The van der Waals surface area contributed by atoms with Gasteiger partial charge in [0, 0.05) is 6.20 Å². The number of carbonyl (C=O) groups is 1. The number of pyridine rings is 1. The molecule has 20 heavy (non-hydrogen) atoms. The second-order valence-corrected chi connectivity index (χ2v) is 5.33. The zero-order valence-electron chi connectivity index (χ0n) is 11.3. The van der Waals surface area contributed by atoms with E-state index in [1.807, 2.05) is 6.07 Å². The number of imidazole rings is 1. The lowest BCUT2D eigenvalue weighted by atomic mass is 9.90. The first-order chi connectivity index (χ1) is 9.75. The molecule has 5 nitrogen and oxygen atoms in total. The van der Waals surface area contributed by atoms with E-state index in [-0.39, 0.29) is 5.69 Å². The smallest absolute Gasteiger partial charge is 0.354 e. The fourth-order valence-electron chi connectivity index (χ4n) is 2.82. The summed E-state index contributed by atoms with van der Waals surface area (Å²) in [7, 11) is 0. The maximum Gasteiger partial charge on any atom is 0.354 e. The van der Waals surface area contributed by atoms with Crippen LogP contribution in [0, 0.1) is 5.92 Å². The van der Waals surface area contributed by atoms with Crippen LogP contribution < -0.4 is 4.74 Å². The van der Waals surface area contributed by atoms with Gasteiger partial charge in [-0.05, 0) is 30.9 Å². The molecule has 0 bridgehead atoms. The van der Waals surface area contributed by atoms with Gasteiger partial charge in [-0.25, -0.2) is 9.78 Å². The maximum atomic E-state index is 11.1. The summed E-state index contributed by atoms with van der Waals surface area (Å²) in [6.45, 7) is 0.689. The van der Waals surface area contributed by atoms with E-state index in [1.54, 1.807) is 16.7 Å². The first-order valence-corrected chi connectivity index (χ1v) is 7.08. The van der Waals surface area contributed by atoms with E-state index in [0.29, 0.717) is 23.9 Å². The monoisotopic (exact) mass is 274 g/mol. The van der Waals surface area contributed by atoms with Gasteiger partial charge in [0.2, 0.25) is 0 Å². The van der Waals surface area contributed by atoms with Gasteiger partial charge in [-0.2, -0.15) is 0 Å². The van der Waals surface area contributed by atoms with Gasteiger partial charge >= 0.3 is 5.97 Å². The van der Waals surface area contributed by atoms with Gasteiger partial charge < -0.3 is 9.84 Å². The predicted molar refractivity (Wildman–Crippen MR) is 74.2 cm³/mol. The zero-order valence-corrected chi connectivity index (χ0v) is 11.3. The maximum absolute atomic E-state index is 11.1. The minimum atomic E-state index is -0.984. The zero-order chi connectivity index (χ0) is 13.9. The van der Waals surface area contributed by atoms with E-state index < -0.39 is 5.97 Å². The number of hydrogen-bond acceptors (Lipinski definition) is 3. The topological polar surface area (TPSA) is 63.8 Å². The molecular formula is C15H18N2O3. The van der Waals surface area contributed by atoms with Crippen molar-refractivity contribution in [3.63, 3.8) is 0 Å². The third-order valence-electron chi connectivity index (χ3n) is 3.92. The third kappa shape index (κ3) is 2.48. The summed E-state index contributed by atoms with van der Waals surface area (Å²) in [6, 6.07) is 3.63. The Labute approximate surface area is 117 Å². The van der Waals surface area contributed by atoms with Crippen LogP contribution in [0.15, 0.2) is 24.5 Å². The van der Waals surface area contributed by atoms with Crippen LogP contribution in [0.25, 0.3) is 5.65 Å². The Bertz CT molecular complexity index is 615. The van der Waals surface area contributed by atoms with Crippen LogP contribution in [0.5, 0.6) is 5.75 Å². The van der Waals surface area contributed by atoms with E-state index in [2.05, 4.69) is 4.98 Å². The van der Waals surface area contributed by atoms with Crippen molar-refractivity contribution in [1.82, 2.24) is 9.38 Å². The van der Waals surface area contributed by atoms with Crippen LogP contribution in [0.1, 0.15) is 42.6 Å². The molecule has 0 spiro atoms. The van der Waals surface area contributed by atoms with Crippen molar-refractivity contribution in [2.45, 2.75) is 32.1 Å². The number of aromatic carboxylic acids is 1. The predicted octanol–water partition coefficient (Wildman–Crippen LogP) is 2.99. The summed E-state index contributed by atoms with van der Waals surface area (Å²) >= 11 is 0. The minimum absolute atomic E-state index is 0.156. The fraction of sp³-hybridized carbons (Fsp3) is 0.467. The van der Waals surface area contributed by atoms with Gasteiger partial charge in [0.15, 0.2) is 17.1 Å². The Kier molecular flexibility index (Phi) is 3.58. The molecule has 0 amide bonds. The van der Waals surface area contributed by atoms with Crippen LogP contribution >= 0.6 is 0 Å². The lowest BCUT2D eigenvalue weighted by Gasteiger charge is -2.21. The highest BCUT2D eigenvalue weighted by molar-refractivity contribution is 5.87. The first-order valence-electron chi connectivity index (χ1n) is 7.08. The Balaban J connectivity index is 1.79. The van der Waals surface area contributed by atoms with Crippen LogP contribution in [0.3, 0.4) is 0 Å². The van der Waals surface area contributed by atoms with E-state index in [4.69, 9.17) is 9.84 Å². The van der Waals surface area contributed by atoms with Crippen molar-refractivity contribution in [2.24, 2.45) is 5.92 Å². The van der Waals surface area contributed by atoms with Crippen molar-refractivity contribution < 1.29 is 14.6 Å². The normalized spacial score (nSPS) is 16.4. The number of carboxylic acids is 1. The van der Waals surface area contributed by atoms with Crippen molar-refractivity contribution in [3.8, 4) is 5.75 Å². The molecule has 1 aliphatic carbocycles. The highest BCUT2D eigenvalue weighted by Gasteiger charge is 2.16. The SMILES string of the molecule is O=C(O)c1cnc2c(OCC3CCCCC3)cccn12. The minimum Gasteiger partial charge on any atom is -0.489 e. The summed E-state index contributed by atoms with van der Waals surface area (Å²) in [4.78, 5) is 15.3. The van der Waals surface area contributed by atoms with E-state index in [0.717, 1.165) is 0 Å². The van der Waals surface area contributed by atoms with Gasteiger partial charge in [-0.3, -0.25) is 4.40 Å². The third-order valence-corrected chi connectivity index (χ3v) is 3.92. The second-order valence-electron chi connectivity index (χ2n) is 5.33. The molecule has 5 heteroatoms. The van der Waals surface area contributed by atoms with Gasteiger partial charge in [0.05, 0.1) is 12.8 Å². The van der Waals surface area contributed by atoms with Crippen LogP contribution in [0.4, 0.5) is 0 Å². The number of aromatic nitrogens is 2. The Morgan fingerprint density at radius 1 is 1.40 bits per heavy atom. The molecule has 2 aromatic heterocycles. The number of nitrogens with zero attached hydrogens (tertiary/aromatic N) is 2. The van der Waals surface area contributed by atoms with Gasteiger partial charge in [0.1, 0.15) is 0 Å². The van der Waals surface area contributed by atoms with E-state index in [1.165, 1.54) is 38.3 Å². The summed E-state index contributed by atoms with van der Waals surface area (Å²) in [6.07, 6.45) is 9.39. The van der Waals surface area contributed by atoms with Crippen molar-refractivity contribution in [2.75, 3.05) is 6.61 Å². The Morgan fingerprint density at radius 2 is 2.20 bits per heavy atom. The summed E-state index contributed by atoms with van der Waals surface area (Å²) < 4.78 is 7.43. The van der Waals surface area contributed by atoms with E-state index >= 15 is 0 Å². The second kappa shape index (κ2) is 5.53. The highest BCUT2D eigenvalue weighted by Crippen LogP contribution is 2.26. The molecular weight excluding hydrogens is 256 g/mol. The molecule has 0 radical (unpaired) electrons. The molecule has 0 saturated heterocycles. The number of rotatable bonds is 4. The number of fused-ring (bicyclic) bond motifs is 1. The van der Waals surface area contributed by atoms with E-state index in [9.17, 15) is 4.79 Å². The van der Waals surface area contributed by atoms with Crippen LogP contribution in [-0.2, 0) is 0 Å². The van der Waals surface area contributed by atoms with Crippen molar-refractivity contribution in [3.05, 3.63) is 30.2 Å². The molecule has 1 saturated carbocycles. The molecule has 0 aliphatic heterocycles. The molecule has 0 aromatic carbocycles. The highest BCUT2D eigenvalue weighted by atomic mass is 16.5. The molecule has 1 aliphatic rings. The summed E-state index contributed by atoms with van der Waals surface area (Å²) in [5.41, 5.74) is 0.726. The first kappa shape index (κ1) is 13.0. The number of hydrogen-bond donors (Lipinski definition) is 1. The van der Waals surface area contributed by atoms with Gasteiger partial charge in [-0.15, -0.1) is 0 Å². The molecule has 1 N–H and O–H groups in total. The van der Waals surface area contributed by atoms with Gasteiger partial charge in [0.25, 0.3) is 0 Å². The van der Waals surface area contributed by atoms with Gasteiger partial charge in [-0.1, -0.05) is 19.3 Å². The lowest BCUT2D eigenvalue weighted by Crippen LogP contribution is -2.15. The summed E-state index contributed by atoms with van der Waals surface area (Å²) in [5, 5.41) is 9.09. The number of ether oxygens (including phenoxy) is 1. The van der Waals surface area contributed by atoms with Crippen molar-refractivity contribution >= 4 is 11.6 Å². The molecule has 3 rings (SSSR count). The molecule has 1 fully saturated rings. The molecule has 106 valence electrons. The molecule has 0 unspecified atom stereocenters. The van der Waals surface area contributed by atoms with Crippen LogP contribution in [-0.4, -0.2) is 27.1 Å². The molecule has 2 aromatic rings. The Hall–Kier alpha value is -2.04. The largest absolute Gasteiger partial charge is 0.489 e. The lowest BCUT2D eigenvalue weighted by molar-refractivity contribution is 0.0689. The van der Waals surface area contributed by atoms with Crippen molar-refractivity contribution in [1.29, 1.82) is 0 Å². The Morgan fingerprint density at radius 3 is 2.95 bits per heavy atom. The fourth-order valence-corrected chi connectivity index (χ4v) is 2.82. The molecule has 0 atom stereocenters. The average Bonchev–Trinajstić information content (AvgIpc) is 2.91. The summed E-state index contributed by atoms with van der Waals surface area (Å²) in [5.74, 6) is 0.283. The standard InChI is InChI=1S/C15H18N2O3/c18-15(19)12-9-16-14-13(7-4-8-17(12)14)20-10-11-5-2-1-3-6-11/h4,7-9,11H,1-3,5-6,10H2,(H,18,19).